The number of azide groups is 1. The smallest absolute Gasteiger partial charge is 0.321 e. The van der Waals surface area contributed by atoms with Gasteiger partial charge in [0.25, 0.3) is 0 Å². The van der Waals surface area contributed by atoms with Gasteiger partial charge in [0.1, 0.15) is 0 Å². The van der Waals surface area contributed by atoms with Crippen LogP contribution in [0.25, 0.3) is 20.9 Å². The SMILES string of the molecule is O=CS.[N-]=[N+]=NS(=O)(=O)N=[N+]=[N-].[Si]O[Si]. The molecule has 0 aliphatic carbocycles. The van der Waals surface area contributed by atoms with Crippen molar-refractivity contribution in [3.8, 4) is 0 Å². The molecule has 0 aromatic rings. The van der Waals surface area contributed by atoms with Crippen molar-refractivity contribution < 1.29 is 17.3 Å². The molecule has 0 aliphatic rings. The maximum atomic E-state index is 9.99. The summed E-state index contributed by atoms with van der Waals surface area (Å²) in [5, 5.41) is 0. The Kier molecular flexibility index (Phi) is 20.1. The number of hydrogen-bond donors (Lipinski definition) is 1. The molecule has 80 valence electrons. The summed E-state index contributed by atoms with van der Waals surface area (Å²) in [5.41, 5.74) is 15.5. The number of hydrogen-bond acceptors (Lipinski definition) is 4. The van der Waals surface area contributed by atoms with Crippen LogP contribution >= 0.6 is 12.6 Å². The normalized spacial score (nSPS) is 7.40. The third kappa shape index (κ3) is 32.1. The molecule has 0 aromatic heterocycles. The van der Waals surface area contributed by atoms with Gasteiger partial charge < -0.3 is 4.12 Å². The summed E-state index contributed by atoms with van der Waals surface area (Å²) in [4.78, 5) is 12.5. The third-order valence-corrected chi connectivity index (χ3v) is 0.838. The van der Waals surface area contributed by atoms with Gasteiger partial charge >= 0.3 is 10.2 Å². The van der Waals surface area contributed by atoms with E-state index in [4.69, 9.17) is 15.9 Å². The standard InChI is InChI=1S/CH2OS.N6O2S.OSi2/c2-1-3;1-3-5-9(7,8)6-4-2;2-1-3/h1H,(H,2,3);;. The fourth-order valence-electron chi connectivity index (χ4n) is 0.109. The van der Waals surface area contributed by atoms with Crippen molar-refractivity contribution in [2.75, 3.05) is 0 Å². The molecule has 14 heteroatoms. The van der Waals surface area contributed by atoms with Crippen molar-refractivity contribution in [1.82, 2.24) is 0 Å². The van der Waals surface area contributed by atoms with E-state index in [2.05, 4.69) is 46.8 Å². The van der Waals surface area contributed by atoms with E-state index in [9.17, 15) is 8.42 Å². The average Bonchev–Trinajstić information content (AvgIpc) is 2.06. The van der Waals surface area contributed by atoms with Crippen molar-refractivity contribution in [3.63, 3.8) is 0 Å². The summed E-state index contributed by atoms with van der Waals surface area (Å²) in [7, 11) is 0.929. The summed E-state index contributed by atoms with van der Waals surface area (Å²) < 4.78 is 28.2. The van der Waals surface area contributed by atoms with Crippen LogP contribution in [-0.4, -0.2) is 35.0 Å². The Hall–Kier alpha value is -1.02. The van der Waals surface area contributed by atoms with Gasteiger partial charge in [0, 0.05) is 18.9 Å². The topological polar surface area (TPSA) is 158 Å². The quantitative estimate of drug-likeness (QED) is 0.190. The Labute approximate surface area is 96.9 Å². The minimum absolute atomic E-state index is 0.444. The van der Waals surface area contributed by atoms with Gasteiger partial charge in [-0.25, -0.2) is 8.42 Å². The molecule has 6 radical (unpaired) electrons. The minimum atomic E-state index is -4.27. The zero-order valence-corrected chi connectivity index (χ0v) is 10.5. The summed E-state index contributed by atoms with van der Waals surface area (Å²) in [6.45, 7) is 0. The minimum Gasteiger partial charge on any atom is -0.458 e. The molecule has 0 saturated heterocycles. The van der Waals surface area contributed by atoms with Crippen LogP contribution in [-0.2, 0) is 19.1 Å². The Morgan fingerprint density at radius 3 is 1.60 bits per heavy atom. The second-order valence-corrected chi connectivity index (χ2v) is 3.25. The van der Waals surface area contributed by atoms with Gasteiger partial charge in [-0.15, -0.1) is 12.6 Å². The first-order valence-electron chi connectivity index (χ1n) is 2.40. The molecule has 10 nitrogen and oxygen atoms in total. The summed E-state index contributed by atoms with van der Waals surface area (Å²) in [6, 6.07) is 0. The second kappa shape index (κ2) is 15.5. The van der Waals surface area contributed by atoms with E-state index in [0.717, 1.165) is 0 Å². The largest absolute Gasteiger partial charge is 0.458 e. The van der Waals surface area contributed by atoms with Gasteiger partial charge in [-0.3, -0.25) is 4.79 Å². The lowest BCUT2D eigenvalue weighted by Gasteiger charge is -1.73. The zero-order valence-electron chi connectivity index (χ0n) is 6.75. The lowest BCUT2D eigenvalue weighted by molar-refractivity contribution is 0.570. The van der Waals surface area contributed by atoms with E-state index in [1.165, 1.54) is 0 Å². The molecule has 15 heavy (non-hydrogen) atoms. The maximum absolute atomic E-state index is 9.99. The summed E-state index contributed by atoms with van der Waals surface area (Å²) >= 11 is 3.11. The van der Waals surface area contributed by atoms with Crippen LogP contribution in [0.3, 0.4) is 0 Å². The fraction of sp³-hybridized carbons (Fsp3) is 0. The van der Waals surface area contributed by atoms with E-state index in [1.54, 1.807) is 0 Å². The maximum Gasteiger partial charge on any atom is 0.321 e. The molecule has 0 heterocycles. The van der Waals surface area contributed by atoms with Crippen LogP contribution in [0.4, 0.5) is 0 Å². The van der Waals surface area contributed by atoms with Crippen LogP contribution in [0.1, 0.15) is 0 Å². The molecule has 0 rings (SSSR count). The molecule has 0 amide bonds. The molecule has 0 aromatic carbocycles. The molecule has 0 atom stereocenters. The Bertz CT molecular complexity index is 318. The number of nitrogens with zero attached hydrogens (tertiary/aromatic N) is 6. The average molecular weight is 282 g/mol. The highest BCUT2D eigenvalue weighted by molar-refractivity contribution is 7.94. The molecule has 0 N–H and O–H groups in total. The molecule has 0 saturated carbocycles. The highest BCUT2D eigenvalue weighted by atomic mass is 32.2. The van der Waals surface area contributed by atoms with Crippen LogP contribution in [0.5, 0.6) is 0 Å². The summed E-state index contributed by atoms with van der Waals surface area (Å²) in [5.74, 6) is 0. The van der Waals surface area contributed by atoms with Gasteiger partial charge in [-0.2, -0.15) is 0 Å². The van der Waals surface area contributed by atoms with E-state index < -0.39 is 10.2 Å². The van der Waals surface area contributed by atoms with E-state index >= 15 is 0 Å². The van der Waals surface area contributed by atoms with Crippen molar-refractivity contribution >= 4 is 49.4 Å². The fourth-order valence-corrected chi connectivity index (χ4v) is 0.326. The van der Waals surface area contributed by atoms with Gasteiger partial charge in [0.05, 0.1) is 0 Å². The first-order chi connectivity index (χ1) is 6.95. The van der Waals surface area contributed by atoms with Gasteiger partial charge in [0.15, 0.2) is 5.62 Å². The van der Waals surface area contributed by atoms with Gasteiger partial charge in [-0.1, -0.05) is 0 Å². The monoisotopic (exact) mass is 282 g/mol. The van der Waals surface area contributed by atoms with Crippen LogP contribution in [0.2, 0.25) is 0 Å². The Morgan fingerprint density at radius 1 is 1.27 bits per heavy atom. The van der Waals surface area contributed by atoms with Crippen molar-refractivity contribution in [2.24, 2.45) is 9.04 Å². The number of thiol groups is 1. The van der Waals surface area contributed by atoms with Crippen molar-refractivity contribution in [3.05, 3.63) is 20.9 Å². The molecule has 0 aliphatic heterocycles. The van der Waals surface area contributed by atoms with Crippen LogP contribution < -0.4 is 0 Å². The number of carbonyl (C=O) groups is 1. The molecule has 0 fully saturated rings. The Balaban J connectivity index is -0.000000200. The van der Waals surface area contributed by atoms with Gasteiger partial charge in [0.2, 0.25) is 21.0 Å². The zero-order chi connectivity index (χ0) is 12.7. The van der Waals surface area contributed by atoms with Crippen molar-refractivity contribution in [2.45, 2.75) is 0 Å². The lowest BCUT2D eigenvalue weighted by Crippen LogP contribution is -1.82. The Morgan fingerprint density at radius 2 is 1.47 bits per heavy atom. The molecule has 0 unspecified atom stereocenters. The number of rotatable bonds is 2. The summed E-state index contributed by atoms with van der Waals surface area (Å²) in [6.07, 6.45) is 0. The molecular formula is CH2N6O4S2Si2. The van der Waals surface area contributed by atoms with Crippen LogP contribution in [0.15, 0.2) is 9.04 Å². The molecule has 0 spiro atoms. The number of carbonyl (C=O) groups excluding carboxylic acids is 1. The highest BCUT2D eigenvalue weighted by Gasteiger charge is 1.99. The van der Waals surface area contributed by atoms with E-state index in [-0.39, 0.29) is 0 Å². The highest BCUT2D eigenvalue weighted by Crippen LogP contribution is 1.92. The van der Waals surface area contributed by atoms with Crippen LogP contribution in [0, 0.1) is 0 Å². The third-order valence-electron chi connectivity index (χ3n) is 0.279. The lowest BCUT2D eigenvalue weighted by atomic mass is 11.8. The van der Waals surface area contributed by atoms with Gasteiger partial charge in [-0.05, 0) is 11.1 Å². The predicted molar refractivity (Wildman–Crippen MR) is 55.5 cm³/mol. The predicted octanol–water partition coefficient (Wildman–Crippen LogP) is 0.128. The molecular weight excluding hydrogens is 280 g/mol. The first kappa shape index (κ1) is 19.5. The first-order valence-corrected chi connectivity index (χ1v) is 5.13. The second-order valence-electron chi connectivity index (χ2n) is 0.997. The van der Waals surface area contributed by atoms with E-state index in [0.29, 0.717) is 5.62 Å². The molecule has 0 bridgehead atoms. The van der Waals surface area contributed by atoms with Crippen molar-refractivity contribution in [1.29, 1.82) is 0 Å². The van der Waals surface area contributed by atoms with E-state index in [1.807, 2.05) is 9.82 Å².